The molecule has 0 saturated heterocycles. The van der Waals surface area contributed by atoms with E-state index in [0.717, 1.165) is 5.01 Å². The van der Waals surface area contributed by atoms with Crippen LogP contribution >= 0.6 is 11.3 Å². The number of thiazole rings is 1. The molecule has 1 saturated carbocycles. The van der Waals surface area contributed by atoms with E-state index in [1.54, 1.807) is 6.20 Å². The molecule has 1 aliphatic carbocycles. The van der Waals surface area contributed by atoms with E-state index < -0.39 is 28.8 Å². The highest BCUT2D eigenvalue weighted by atomic mass is 32.1. The van der Waals surface area contributed by atoms with Crippen molar-refractivity contribution in [2.24, 2.45) is 17.3 Å². The van der Waals surface area contributed by atoms with Crippen LogP contribution in [0.3, 0.4) is 0 Å². The molecule has 19 heavy (non-hydrogen) atoms. The van der Waals surface area contributed by atoms with Crippen molar-refractivity contribution in [2.45, 2.75) is 33.2 Å². The molecule has 2 atom stereocenters. The second kappa shape index (κ2) is 4.30. The lowest BCUT2D eigenvalue weighted by Crippen LogP contribution is -2.42. The lowest BCUT2D eigenvalue weighted by atomic mass is 10.0. The number of carbonyl (C=O) groups is 2. The van der Waals surface area contributed by atoms with Gasteiger partial charge in [0.1, 0.15) is 5.01 Å². The molecule has 1 fully saturated rings. The SMILES string of the molecule is CC(C)(NC(=O)C1C(C(=O)O)C1(C)C)c1nccs1. The maximum Gasteiger partial charge on any atom is 0.307 e. The minimum absolute atomic E-state index is 0.211. The Labute approximate surface area is 116 Å². The Hall–Kier alpha value is -1.43. The van der Waals surface area contributed by atoms with Crippen molar-refractivity contribution in [2.75, 3.05) is 0 Å². The van der Waals surface area contributed by atoms with Gasteiger partial charge < -0.3 is 10.4 Å². The van der Waals surface area contributed by atoms with Crippen LogP contribution in [0, 0.1) is 17.3 Å². The number of aromatic nitrogens is 1. The fourth-order valence-electron chi connectivity index (χ4n) is 2.56. The van der Waals surface area contributed by atoms with Gasteiger partial charge in [-0.3, -0.25) is 9.59 Å². The molecule has 1 aromatic heterocycles. The van der Waals surface area contributed by atoms with Gasteiger partial charge >= 0.3 is 5.97 Å². The summed E-state index contributed by atoms with van der Waals surface area (Å²) in [5.74, 6) is -2.18. The molecular weight excluding hydrogens is 264 g/mol. The standard InChI is InChI=1S/C13H18N2O3S/c1-12(2)7(8(12)10(17)18)9(16)15-13(3,4)11-14-5-6-19-11/h5-8H,1-4H3,(H,15,16)(H,17,18). The minimum Gasteiger partial charge on any atom is -0.481 e. The average Bonchev–Trinajstić information content (AvgIpc) is 2.65. The Morgan fingerprint density at radius 1 is 1.42 bits per heavy atom. The lowest BCUT2D eigenvalue weighted by molar-refractivity contribution is -0.140. The van der Waals surface area contributed by atoms with Crippen LogP contribution in [0.15, 0.2) is 11.6 Å². The molecule has 2 unspecified atom stereocenters. The summed E-state index contributed by atoms with van der Waals surface area (Å²) >= 11 is 1.47. The van der Waals surface area contributed by atoms with Crippen molar-refractivity contribution in [3.8, 4) is 0 Å². The summed E-state index contributed by atoms with van der Waals surface area (Å²) < 4.78 is 0. The number of amides is 1. The largest absolute Gasteiger partial charge is 0.481 e. The van der Waals surface area contributed by atoms with Gasteiger partial charge in [0.25, 0.3) is 0 Å². The van der Waals surface area contributed by atoms with E-state index in [2.05, 4.69) is 10.3 Å². The summed E-state index contributed by atoms with van der Waals surface area (Å²) in [6, 6.07) is 0. The molecule has 0 aliphatic heterocycles. The number of rotatable bonds is 4. The van der Waals surface area contributed by atoms with Crippen molar-refractivity contribution in [1.29, 1.82) is 0 Å². The summed E-state index contributed by atoms with van der Waals surface area (Å²) in [6.45, 7) is 7.36. The van der Waals surface area contributed by atoms with Crippen LogP contribution in [-0.2, 0) is 15.1 Å². The van der Waals surface area contributed by atoms with Gasteiger partial charge in [0.05, 0.1) is 17.4 Å². The topological polar surface area (TPSA) is 79.3 Å². The first-order valence-corrected chi connectivity index (χ1v) is 7.00. The summed E-state index contributed by atoms with van der Waals surface area (Å²) in [6.07, 6.45) is 1.69. The summed E-state index contributed by atoms with van der Waals surface area (Å²) in [5.41, 5.74) is -1.05. The molecule has 0 aromatic carbocycles. The Kier molecular flexibility index (Phi) is 3.16. The number of carbonyl (C=O) groups excluding carboxylic acids is 1. The number of nitrogens with zero attached hydrogens (tertiary/aromatic N) is 1. The van der Waals surface area contributed by atoms with E-state index in [1.165, 1.54) is 11.3 Å². The Balaban J connectivity index is 2.09. The van der Waals surface area contributed by atoms with E-state index >= 15 is 0 Å². The molecule has 0 bridgehead atoms. The predicted octanol–water partition coefficient (Wildman–Crippen LogP) is 1.85. The Bertz CT molecular complexity index is 508. The van der Waals surface area contributed by atoms with Gasteiger partial charge in [-0.25, -0.2) is 4.98 Å². The van der Waals surface area contributed by atoms with Crippen LogP contribution < -0.4 is 5.32 Å². The fraction of sp³-hybridized carbons (Fsp3) is 0.615. The zero-order chi connectivity index (χ0) is 14.4. The first kappa shape index (κ1) is 14.0. The van der Waals surface area contributed by atoms with Gasteiger partial charge in [0.15, 0.2) is 0 Å². The van der Waals surface area contributed by atoms with Crippen LogP contribution in [0.4, 0.5) is 0 Å². The molecule has 5 nitrogen and oxygen atoms in total. The van der Waals surface area contributed by atoms with E-state index in [0.29, 0.717) is 0 Å². The Morgan fingerprint density at radius 3 is 2.47 bits per heavy atom. The van der Waals surface area contributed by atoms with Crippen molar-refractivity contribution in [3.05, 3.63) is 16.6 Å². The quantitative estimate of drug-likeness (QED) is 0.883. The minimum atomic E-state index is -0.905. The number of hydrogen-bond donors (Lipinski definition) is 2. The zero-order valence-electron chi connectivity index (χ0n) is 11.4. The first-order valence-electron chi connectivity index (χ1n) is 6.12. The van der Waals surface area contributed by atoms with E-state index in [9.17, 15) is 9.59 Å². The molecule has 0 spiro atoms. The molecule has 2 N–H and O–H groups in total. The fourth-order valence-corrected chi connectivity index (χ4v) is 3.28. The third-order valence-electron chi connectivity index (χ3n) is 3.78. The van der Waals surface area contributed by atoms with Gasteiger partial charge in [0.2, 0.25) is 5.91 Å². The summed E-state index contributed by atoms with van der Waals surface area (Å²) in [7, 11) is 0. The van der Waals surface area contributed by atoms with Gasteiger partial charge in [-0.15, -0.1) is 11.3 Å². The third kappa shape index (κ3) is 2.36. The molecule has 1 aromatic rings. The smallest absolute Gasteiger partial charge is 0.307 e. The molecule has 6 heteroatoms. The van der Waals surface area contributed by atoms with Crippen LogP contribution in [-0.4, -0.2) is 22.0 Å². The van der Waals surface area contributed by atoms with E-state index in [4.69, 9.17) is 5.11 Å². The van der Waals surface area contributed by atoms with Gasteiger partial charge in [-0.1, -0.05) is 13.8 Å². The molecule has 1 heterocycles. The molecule has 0 radical (unpaired) electrons. The number of hydrogen-bond acceptors (Lipinski definition) is 4. The number of nitrogens with one attached hydrogen (secondary N) is 1. The van der Waals surface area contributed by atoms with Gasteiger partial charge in [0, 0.05) is 11.6 Å². The molecule has 1 amide bonds. The maximum atomic E-state index is 12.2. The van der Waals surface area contributed by atoms with Crippen LogP contribution in [0.2, 0.25) is 0 Å². The van der Waals surface area contributed by atoms with Crippen LogP contribution in [0.5, 0.6) is 0 Å². The third-order valence-corrected chi connectivity index (χ3v) is 4.88. The summed E-state index contributed by atoms with van der Waals surface area (Å²) in [5, 5.41) is 14.7. The van der Waals surface area contributed by atoms with Crippen molar-refractivity contribution in [1.82, 2.24) is 10.3 Å². The second-order valence-corrected chi connectivity index (χ2v) is 6.96. The highest BCUT2D eigenvalue weighted by molar-refractivity contribution is 7.09. The number of carboxylic acids is 1. The highest BCUT2D eigenvalue weighted by Crippen LogP contribution is 2.58. The maximum absolute atomic E-state index is 12.2. The first-order chi connectivity index (χ1) is 8.68. The Morgan fingerprint density at radius 2 is 2.05 bits per heavy atom. The number of carboxylic acid groups (broad SMARTS) is 1. The molecule has 104 valence electrons. The second-order valence-electron chi connectivity index (χ2n) is 6.07. The van der Waals surface area contributed by atoms with E-state index in [1.807, 2.05) is 33.1 Å². The zero-order valence-corrected chi connectivity index (χ0v) is 12.2. The van der Waals surface area contributed by atoms with Crippen molar-refractivity contribution in [3.63, 3.8) is 0 Å². The van der Waals surface area contributed by atoms with Crippen LogP contribution in [0.1, 0.15) is 32.7 Å². The van der Waals surface area contributed by atoms with E-state index in [-0.39, 0.29) is 5.91 Å². The normalized spacial score (nSPS) is 24.8. The summed E-state index contributed by atoms with van der Waals surface area (Å²) in [4.78, 5) is 27.5. The van der Waals surface area contributed by atoms with Crippen molar-refractivity contribution >= 4 is 23.2 Å². The molecular formula is C13H18N2O3S. The average molecular weight is 282 g/mol. The lowest BCUT2D eigenvalue weighted by Gasteiger charge is -2.24. The monoisotopic (exact) mass is 282 g/mol. The van der Waals surface area contributed by atoms with Gasteiger partial charge in [-0.2, -0.15) is 0 Å². The van der Waals surface area contributed by atoms with Gasteiger partial charge in [-0.05, 0) is 19.3 Å². The molecule has 1 aliphatic rings. The predicted molar refractivity (Wildman–Crippen MR) is 71.7 cm³/mol. The van der Waals surface area contributed by atoms with Crippen molar-refractivity contribution < 1.29 is 14.7 Å². The number of aliphatic carboxylic acids is 1. The van der Waals surface area contributed by atoms with Crippen LogP contribution in [0.25, 0.3) is 0 Å². The molecule has 2 rings (SSSR count). The highest BCUT2D eigenvalue weighted by Gasteiger charge is 2.66.